The number of amides is 1. The van der Waals surface area contributed by atoms with Gasteiger partial charge in [0.15, 0.2) is 0 Å². The summed E-state index contributed by atoms with van der Waals surface area (Å²) in [6.45, 7) is 1.56. The van der Waals surface area contributed by atoms with E-state index in [1.54, 1.807) is 18.4 Å². The van der Waals surface area contributed by atoms with E-state index in [2.05, 4.69) is 27.9 Å². The Morgan fingerprint density at radius 2 is 2.21 bits per heavy atom. The minimum atomic E-state index is -0.505. The highest BCUT2D eigenvalue weighted by Gasteiger charge is 2.12. The van der Waals surface area contributed by atoms with Gasteiger partial charge in [-0.15, -0.1) is 11.3 Å². The zero-order valence-electron chi connectivity index (χ0n) is 9.83. The van der Waals surface area contributed by atoms with Crippen molar-refractivity contribution < 1.29 is 9.18 Å². The van der Waals surface area contributed by atoms with Crippen molar-refractivity contribution in [1.29, 1.82) is 5.26 Å². The predicted molar refractivity (Wildman–Crippen MR) is 80.8 cm³/mol. The Bertz CT molecular complexity index is 690. The van der Waals surface area contributed by atoms with Crippen LogP contribution in [0, 0.1) is 27.0 Å². The van der Waals surface area contributed by atoms with Gasteiger partial charge in [-0.25, -0.2) is 4.39 Å². The highest BCUT2D eigenvalue weighted by atomic mass is 127. The van der Waals surface area contributed by atoms with Gasteiger partial charge in [-0.05, 0) is 47.7 Å². The van der Waals surface area contributed by atoms with Crippen LogP contribution in [-0.2, 0) is 0 Å². The molecule has 2 aromatic rings. The predicted octanol–water partition coefficient (Wildman–Crippen LogP) is 3.92. The Labute approximate surface area is 127 Å². The van der Waals surface area contributed by atoms with E-state index in [1.807, 2.05) is 6.07 Å². The number of benzene rings is 1. The first-order valence-corrected chi connectivity index (χ1v) is 7.22. The van der Waals surface area contributed by atoms with Crippen molar-refractivity contribution in [2.24, 2.45) is 0 Å². The Hall–Kier alpha value is -1.46. The van der Waals surface area contributed by atoms with Crippen LogP contribution < -0.4 is 5.32 Å². The van der Waals surface area contributed by atoms with E-state index >= 15 is 0 Å². The lowest BCUT2D eigenvalue weighted by molar-refractivity contribution is 0.102. The quantitative estimate of drug-likeness (QED) is 0.796. The minimum absolute atomic E-state index is 0.179. The Kier molecular flexibility index (Phi) is 4.17. The van der Waals surface area contributed by atoms with Gasteiger partial charge < -0.3 is 5.32 Å². The van der Waals surface area contributed by atoms with Gasteiger partial charge >= 0.3 is 0 Å². The lowest BCUT2D eigenvalue weighted by Crippen LogP contribution is -2.12. The lowest BCUT2D eigenvalue weighted by atomic mass is 10.1. The van der Waals surface area contributed by atoms with Crippen molar-refractivity contribution in [1.82, 2.24) is 0 Å². The number of hydrogen-bond acceptors (Lipinski definition) is 3. The summed E-state index contributed by atoms with van der Waals surface area (Å²) in [7, 11) is 0. The van der Waals surface area contributed by atoms with Gasteiger partial charge in [0.1, 0.15) is 5.82 Å². The van der Waals surface area contributed by atoms with Crippen LogP contribution in [-0.4, -0.2) is 5.91 Å². The molecule has 0 saturated heterocycles. The number of thiophene rings is 1. The summed E-state index contributed by atoms with van der Waals surface area (Å²) in [4.78, 5) is 12.0. The molecule has 0 aliphatic carbocycles. The fourth-order valence-corrected chi connectivity index (χ4v) is 2.82. The average molecular weight is 386 g/mol. The van der Waals surface area contributed by atoms with Crippen LogP contribution in [0.15, 0.2) is 23.6 Å². The van der Waals surface area contributed by atoms with Gasteiger partial charge in [-0.1, -0.05) is 0 Å². The number of halogens is 2. The van der Waals surface area contributed by atoms with E-state index in [1.165, 1.54) is 17.4 Å². The number of carbonyl (C=O) groups excluding carboxylic acids is 1. The van der Waals surface area contributed by atoms with Gasteiger partial charge in [-0.2, -0.15) is 5.26 Å². The largest absolute Gasteiger partial charge is 0.322 e. The molecule has 0 spiro atoms. The maximum Gasteiger partial charge on any atom is 0.256 e. The lowest BCUT2D eigenvalue weighted by Gasteiger charge is -2.08. The van der Waals surface area contributed by atoms with Gasteiger partial charge in [0.05, 0.1) is 20.1 Å². The summed E-state index contributed by atoms with van der Waals surface area (Å²) in [6, 6.07) is 6.23. The molecule has 1 heterocycles. The third-order valence-corrected chi connectivity index (χ3v) is 4.34. The molecule has 19 heavy (non-hydrogen) atoms. The summed E-state index contributed by atoms with van der Waals surface area (Å²) in [6.07, 6.45) is 0. The molecule has 0 saturated carbocycles. The second-order valence-electron chi connectivity index (χ2n) is 3.84. The van der Waals surface area contributed by atoms with E-state index in [9.17, 15) is 9.18 Å². The molecule has 1 amide bonds. The number of carbonyl (C=O) groups is 1. The fraction of sp³-hybridized carbons (Fsp3) is 0.0769. The maximum absolute atomic E-state index is 13.6. The van der Waals surface area contributed by atoms with E-state index in [0.29, 0.717) is 16.8 Å². The van der Waals surface area contributed by atoms with Gasteiger partial charge in [0, 0.05) is 16.6 Å². The van der Waals surface area contributed by atoms with E-state index in [-0.39, 0.29) is 11.5 Å². The first-order valence-electron chi connectivity index (χ1n) is 5.27. The van der Waals surface area contributed by atoms with E-state index in [4.69, 9.17) is 5.26 Å². The maximum atomic E-state index is 13.6. The average Bonchev–Trinajstić information content (AvgIpc) is 2.81. The standard InChI is InChI=1S/C13H8FIN2OS/c1-7-10(14)2-8(5-16)3-11(7)17-13(18)9-4-12(15)19-6-9/h2-4,6H,1H3,(H,17,18). The van der Waals surface area contributed by atoms with Gasteiger partial charge in [-0.3, -0.25) is 4.79 Å². The molecule has 2 rings (SSSR count). The molecule has 0 atom stereocenters. The molecule has 3 nitrogen and oxygen atoms in total. The van der Waals surface area contributed by atoms with Crippen molar-refractivity contribution in [2.45, 2.75) is 6.92 Å². The van der Waals surface area contributed by atoms with Crippen molar-refractivity contribution in [3.63, 3.8) is 0 Å². The number of nitrogens with one attached hydrogen (secondary N) is 1. The first-order chi connectivity index (χ1) is 9.01. The molecule has 96 valence electrons. The molecule has 1 aromatic heterocycles. The molecule has 1 aromatic carbocycles. The van der Waals surface area contributed by atoms with Gasteiger partial charge in [0.2, 0.25) is 0 Å². The minimum Gasteiger partial charge on any atom is -0.322 e. The molecule has 0 aliphatic heterocycles. The van der Waals surface area contributed by atoms with Crippen molar-refractivity contribution in [3.8, 4) is 6.07 Å². The third-order valence-electron chi connectivity index (χ3n) is 2.55. The van der Waals surface area contributed by atoms with E-state index < -0.39 is 5.82 Å². The van der Waals surface area contributed by atoms with Crippen LogP contribution in [0.1, 0.15) is 21.5 Å². The molecular weight excluding hydrogens is 378 g/mol. The number of nitriles is 1. The van der Waals surface area contributed by atoms with Crippen molar-refractivity contribution in [2.75, 3.05) is 5.32 Å². The number of nitrogens with zero attached hydrogens (tertiary/aromatic N) is 1. The second kappa shape index (κ2) is 5.67. The summed E-state index contributed by atoms with van der Waals surface area (Å²) in [5, 5.41) is 13.2. The van der Waals surface area contributed by atoms with Crippen LogP contribution in [0.25, 0.3) is 0 Å². The Balaban J connectivity index is 2.31. The Morgan fingerprint density at radius 3 is 2.79 bits per heavy atom. The third kappa shape index (κ3) is 3.11. The summed E-state index contributed by atoms with van der Waals surface area (Å²) >= 11 is 3.58. The molecule has 0 unspecified atom stereocenters. The first kappa shape index (κ1) is 14.0. The number of anilines is 1. The zero-order chi connectivity index (χ0) is 14.0. The molecule has 0 bridgehead atoms. The fourth-order valence-electron chi connectivity index (χ4n) is 1.50. The summed E-state index contributed by atoms with van der Waals surface area (Å²) < 4.78 is 14.6. The zero-order valence-corrected chi connectivity index (χ0v) is 12.8. The second-order valence-corrected chi connectivity index (χ2v) is 6.64. The summed E-state index contributed by atoms with van der Waals surface area (Å²) in [5.74, 6) is -0.814. The van der Waals surface area contributed by atoms with Crippen LogP contribution in [0.3, 0.4) is 0 Å². The smallest absolute Gasteiger partial charge is 0.256 e. The molecule has 0 fully saturated rings. The van der Waals surface area contributed by atoms with Crippen LogP contribution in [0.5, 0.6) is 0 Å². The van der Waals surface area contributed by atoms with Crippen LogP contribution in [0.2, 0.25) is 0 Å². The molecule has 0 radical (unpaired) electrons. The molecular formula is C13H8FIN2OS. The Morgan fingerprint density at radius 1 is 1.47 bits per heavy atom. The highest BCUT2D eigenvalue weighted by molar-refractivity contribution is 14.1. The van der Waals surface area contributed by atoms with Crippen molar-refractivity contribution >= 4 is 45.5 Å². The monoisotopic (exact) mass is 386 g/mol. The normalized spacial score (nSPS) is 10.0. The molecule has 1 N–H and O–H groups in total. The van der Waals surface area contributed by atoms with Gasteiger partial charge in [0.25, 0.3) is 5.91 Å². The topological polar surface area (TPSA) is 52.9 Å². The number of hydrogen-bond donors (Lipinski definition) is 1. The molecule has 6 heteroatoms. The number of rotatable bonds is 2. The van der Waals surface area contributed by atoms with E-state index in [0.717, 1.165) is 8.95 Å². The van der Waals surface area contributed by atoms with Crippen LogP contribution >= 0.6 is 33.9 Å². The highest BCUT2D eigenvalue weighted by Crippen LogP contribution is 2.22. The molecule has 0 aliphatic rings. The van der Waals surface area contributed by atoms with Crippen molar-refractivity contribution in [3.05, 3.63) is 49.0 Å². The SMILES string of the molecule is Cc1c(F)cc(C#N)cc1NC(=O)c1csc(I)c1. The van der Waals surface area contributed by atoms with Crippen LogP contribution in [0.4, 0.5) is 10.1 Å². The summed E-state index contributed by atoms with van der Waals surface area (Å²) in [5.41, 5.74) is 1.34.